The quantitative estimate of drug-likeness (QED) is 0.210. The van der Waals surface area contributed by atoms with Crippen LogP contribution in [0.5, 0.6) is 0 Å². The molecule has 2 aromatic carbocycles. The third-order valence-electron chi connectivity index (χ3n) is 6.03. The minimum absolute atomic E-state index is 0.235. The molecule has 34 heavy (non-hydrogen) atoms. The van der Waals surface area contributed by atoms with Gasteiger partial charge in [-0.25, -0.2) is 19.2 Å². The van der Waals surface area contributed by atoms with Crippen molar-refractivity contribution in [3.05, 3.63) is 65.5 Å². The number of benzene rings is 2. The summed E-state index contributed by atoms with van der Waals surface area (Å²) in [5, 5.41) is 0. The summed E-state index contributed by atoms with van der Waals surface area (Å²) in [6.45, 7) is 2.88. The van der Waals surface area contributed by atoms with E-state index in [4.69, 9.17) is 20.4 Å². The molecule has 2 aromatic heterocycles. The fourth-order valence-corrected chi connectivity index (χ4v) is 4.15. The first-order chi connectivity index (χ1) is 16.6. The van der Waals surface area contributed by atoms with E-state index in [2.05, 4.69) is 6.92 Å². The van der Waals surface area contributed by atoms with Gasteiger partial charge in [0.05, 0.1) is 24.2 Å². The van der Waals surface area contributed by atoms with Crippen molar-refractivity contribution in [2.45, 2.75) is 58.4 Å². The summed E-state index contributed by atoms with van der Waals surface area (Å²) in [5.74, 6) is -0.551. The number of halogens is 1. The Morgan fingerprint density at radius 2 is 1.59 bits per heavy atom. The molecular weight excluding hydrogens is 431 g/mol. The highest BCUT2D eigenvalue weighted by Gasteiger charge is 2.25. The van der Waals surface area contributed by atoms with Crippen LogP contribution in [-0.4, -0.2) is 27.1 Å². The summed E-state index contributed by atoms with van der Waals surface area (Å²) < 4.78 is 20.7. The monoisotopic (exact) mass is 462 g/mol. The van der Waals surface area contributed by atoms with Crippen LogP contribution < -0.4 is 5.73 Å². The van der Waals surface area contributed by atoms with Gasteiger partial charge in [0.15, 0.2) is 5.65 Å². The summed E-state index contributed by atoms with van der Waals surface area (Å²) in [6, 6.07) is 13.7. The summed E-state index contributed by atoms with van der Waals surface area (Å²) >= 11 is 0. The summed E-state index contributed by atoms with van der Waals surface area (Å²) in [7, 11) is 0. The second-order valence-electron chi connectivity index (χ2n) is 8.61. The molecule has 0 atom stereocenters. The number of unbranched alkanes of at least 4 members (excludes halogenated alkanes) is 6. The molecule has 0 fully saturated rings. The highest BCUT2D eigenvalue weighted by molar-refractivity contribution is 6.08. The number of carbonyl (C=O) groups excluding carboxylic acids is 1. The summed E-state index contributed by atoms with van der Waals surface area (Å²) in [4.78, 5) is 22.5. The normalized spacial score (nSPS) is 11.4. The van der Waals surface area contributed by atoms with E-state index >= 15 is 0 Å². The van der Waals surface area contributed by atoms with Crippen molar-refractivity contribution in [2.75, 3.05) is 12.3 Å². The average Bonchev–Trinajstić information content (AvgIpc) is 3.10. The lowest BCUT2D eigenvalue weighted by Crippen LogP contribution is -2.11. The Morgan fingerprint density at radius 1 is 0.941 bits per heavy atom. The molecule has 0 spiro atoms. The Balaban J connectivity index is 1.58. The predicted octanol–water partition coefficient (Wildman–Crippen LogP) is 6.26. The molecule has 0 radical (unpaired) electrons. The van der Waals surface area contributed by atoms with Gasteiger partial charge in [-0.3, -0.25) is 0 Å². The number of ether oxygens (including phenoxy) is 1. The lowest BCUT2D eigenvalue weighted by atomic mass is 10.1. The van der Waals surface area contributed by atoms with Crippen molar-refractivity contribution in [1.29, 1.82) is 0 Å². The Labute approximate surface area is 199 Å². The molecule has 0 saturated heterocycles. The van der Waals surface area contributed by atoms with Gasteiger partial charge in [0.1, 0.15) is 22.7 Å². The van der Waals surface area contributed by atoms with Crippen LogP contribution in [0.1, 0.15) is 67.8 Å². The first-order valence-electron chi connectivity index (χ1n) is 12.0. The summed E-state index contributed by atoms with van der Waals surface area (Å²) in [6.07, 6.45) is 7.97. The molecule has 7 heteroatoms. The van der Waals surface area contributed by atoms with Gasteiger partial charge < -0.3 is 15.0 Å². The van der Waals surface area contributed by atoms with Crippen molar-refractivity contribution >= 4 is 34.0 Å². The number of rotatable bonds is 11. The number of nitrogens with two attached hydrogens (primary N) is 1. The van der Waals surface area contributed by atoms with Crippen molar-refractivity contribution in [3.63, 3.8) is 0 Å². The van der Waals surface area contributed by atoms with Crippen molar-refractivity contribution in [3.8, 4) is 0 Å². The lowest BCUT2D eigenvalue weighted by molar-refractivity contribution is 0.0501. The number of aromatic nitrogens is 3. The number of anilines is 1. The van der Waals surface area contributed by atoms with Gasteiger partial charge in [-0.05, 0) is 36.2 Å². The second-order valence-corrected chi connectivity index (χ2v) is 8.61. The smallest absolute Gasteiger partial charge is 0.344 e. The molecule has 0 aliphatic rings. The standard InChI is InChI=1S/C27H31FN4O2/c1-2-3-4-5-6-7-10-17-34-27(33)23-24-26(31-22-12-9-8-11-21(22)30-24)32(25(23)29)18-19-13-15-20(28)16-14-19/h8-9,11-16H,2-7,10,17-18,29H2,1H3. The van der Waals surface area contributed by atoms with Crippen molar-refractivity contribution in [2.24, 2.45) is 0 Å². The number of hydrogen-bond acceptors (Lipinski definition) is 5. The number of nitrogens with zero attached hydrogens (tertiary/aromatic N) is 3. The van der Waals surface area contributed by atoms with E-state index in [1.165, 1.54) is 37.8 Å². The highest BCUT2D eigenvalue weighted by atomic mass is 19.1. The molecular formula is C27H31FN4O2. The highest BCUT2D eigenvalue weighted by Crippen LogP contribution is 2.29. The largest absolute Gasteiger partial charge is 0.462 e. The van der Waals surface area contributed by atoms with Crippen LogP contribution in [-0.2, 0) is 11.3 Å². The third-order valence-corrected chi connectivity index (χ3v) is 6.03. The predicted molar refractivity (Wildman–Crippen MR) is 133 cm³/mol. The number of para-hydroxylation sites is 2. The molecule has 0 bridgehead atoms. The molecule has 0 saturated carbocycles. The van der Waals surface area contributed by atoms with Crippen LogP contribution in [0.2, 0.25) is 0 Å². The number of hydrogen-bond donors (Lipinski definition) is 1. The molecule has 0 unspecified atom stereocenters. The molecule has 0 amide bonds. The molecule has 178 valence electrons. The molecule has 2 N–H and O–H groups in total. The van der Waals surface area contributed by atoms with Crippen molar-refractivity contribution < 1.29 is 13.9 Å². The zero-order valence-electron chi connectivity index (χ0n) is 19.6. The van der Waals surface area contributed by atoms with Crippen LogP contribution in [0, 0.1) is 5.82 Å². The van der Waals surface area contributed by atoms with E-state index in [9.17, 15) is 9.18 Å². The Bertz CT molecular complexity index is 1270. The molecule has 6 nitrogen and oxygen atoms in total. The van der Waals surface area contributed by atoms with Crippen LogP contribution >= 0.6 is 0 Å². The van der Waals surface area contributed by atoms with Gasteiger partial charge in [0.2, 0.25) is 0 Å². The maximum absolute atomic E-state index is 13.4. The van der Waals surface area contributed by atoms with E-state index in [0.29, 0.717) is 35.3 Å². The number of fused-ring (bicyclic) bond motifs is 2. The minimum atomic E-state index is -0.490. The van der Waals surface area contributed by atoms with Gasteiger partial charge in [-0.1, -0.05) is 69.7 Å². The summed E-state index contributed by atoms with van der Waals surface area (Å²) in [5.41, 5.74) is 9.84. The molecule has 0 aliphatic carbocycles. The van der Waals surface area contributed by atoms with E-state index in [-0.39, 0.29) is 17.2 Å². The van der Waals surface area contributed by atoms with E-state index in [1.54, 1.807) is 16.7 Å². The maximum atomic E-state index is 13.4. The van der Waals surface area contributed by atoms with Gasteiger partial charge in [-0.2, -0.15) is 0 Å². The Morgan fingerprint density at radius 3 is 2.29 bits per heavy atom. The van der Waals surface area contributed by atoms with Gasteiger partial charge >= 0.3 is 5.97 Å². The van der Waals surface area contributed by atoms with Gasteiger partial charge in [0, 0.05) is 0 Å². The number of esters is 1. The molecule has 2 heterocycles. The first-order valence-corrected chi connectivity index (χ1v) is 12.0. The first kappa shape index (κ1) is 23.7. The van der Waals surface area contributed by atoms with Gasteiger partial charge in [-0.15, -0.1) is 0 Å². The van der Waals surface area contributed by atoms with Crippen LogP contribution in [0.4, 0.5) is 10.2 Å². The lowest BCUT2D eigenvalue weighted by Gasteiger charge is -2.08. The van der Waals surface area contributed by atoms with E-state index in [0.717, 1.165) is 24.8 Å². The topological polar surface area (TPSA) is 83.0 Å². The van der Waals surface area contributed by atoms with Crippen LogP contribution in [0.15, 0.2) is 48.5 Å². The molecule has 4 aromatic rings. The number of carbonyl (C=O) groups is 1. The number of nitrogen functional groups attached to an aromatic ring is 1. The maximum Gasteiger partial charge on any atom is 0.344 e. The van der Waals surface area contributed by atoms with Gasteiger partial charge in [0.25, 0.3) is 0 Å². The van der Waals surface area contributed by atoms with Crippen molar-refractivity contribution in [1.82, 2.24) is 14.5 Å². The van der Waals surface area contributed by atoms with E-state index < -0.39 is 5.97 Å². The Hall–Kier alpha value is -3.48. The fourth-order valence-electron chi connectivity index (χ4n) is 4.15. The zero-order valence-corrected chi connectivity index (χ0v) is 19.6. The fraction of sp³-hybridized carbons (Fsp3) is 0.370. The third kappa shape index (κ3) is 5.35. The average molecular weight is 463 g/mol. The van der Waals surface area contributed by atoms with Crippen LogP contribution in [0.3, 0.4) is 0 Å². The Kier molecular flexibility index (Phi) is 7.72. The second kappa shape index (κ2) is 11.1. The minimum Gasteiger partial charge on any atom is -0.462 e. The van der Waals surface area contributed by atoms with Crippen LogP contribution in [0.25, 0.3) is 22.2 Å². The zero-order chi connectivity index (χ0) is 23.9. The molecule has 0 aliphatic heterocycles. The molecule has 4 rings (SSSR count). The SMILES string of the molecule is CCCCCCCCCOC(=O)c1c(N)n(Cc2ccc(F)cc2)c2nc3ccccc3nc12. The van der Waals surface area contributed by atoms with E-state index in [1.807, 2.05) is 24.3 Å².